The Morgan fingerprint density at radius 1 is 1.47 bits per heavy atom. The number of amides is 1. The maximum atomic E-state index is 12.9. The Bertz CT molecular complexity index is 538. The second-order valence-electron chi connectivity index (χ2n) is 4.38. The molecule has 0 aromatic heterocycles. The Labute approximate surface area is 120 Å². The van der Waals surface area contributed by atoms with Gasteiger partial charge in [-0.1, -0.05) is 11.6 Å². The molecule has 1 aromatic rings. The summed E-state index contributed by atoms with van der Waals surface area (Å²) in [7, 11) is 0. The van der Waals surface area contributed by atoms with E-state index < -0.39 is 17.3 Å². The molecule has 0 bridgehead atoms. The van der Waals surface area contributed by atoms with Crippen molar-refractivity contribution >= 4 is 29.3 Å². The van der Waals surface area contributed by atoms with Crippen LogP contribution in [-0.2, 0) is 0 Å². The predicted octanol–water partition coefficient (Wildman–Crippen LogP) is 3.00. The van der Waals surface area contributed by atoms with Crippen LogP contribution < -0.4 is 5.32 Å². The monoisotopic (exact) mass is 298 g/mol. The summed E-state index contributed by atoms with van der Waals surface area (Å²) in [5, 5.41) is 12.1. The highest BCUT2D eigenvalue weighted by Gasteiger charge is 2.34. The van der Waals surface area contributed by atoms with Gasteiger partial charge in [-0.2, -0.15) is 17.0 Å². The number of nitriles is 1. The van der Waals surface area contributed by atoms with Gasteiger partial charge in [-0.05, 0) is 42.5 Å². The van der Waals surface area contributed by atoms with E-state index in [1.54, 1.807) is 11.8 Å². The number of halogens is 2. The van der Waals surface area contributed by atoms with Crippen molar-refractivity contribution in [1.29, 1.82) is 5.26 Å². The summed E-state index contributed by atoms with van der Waals surface area (Å²) >= 11 is 7.61. The van der Waals surface area contributed by atoms with Gasteiger partial charge in [0.2, 0.25) is 0 Å². The Hall–Kier alpha value is -1.25. The van der Waals surface area contributed by atoms with Gasteiger partial charge in [0.05, 0.1) is 16.7 Å². The lowest BCUT2D eigenvalue weighted by Crippen LogP contribution is -2.49. The van der Waals surface area contributed by atoms with E-state index in [4.69, 9.17) is 11.6 Å². The molecular formula is C13H12ClFN2OS. The van der Waals surface area contributed by atoms with Crippen LogP contribution in [0, 0.1) is 17.1 Å². The fraction of sp³-hybridized carbons (Fsp3) is 0.385. The molecule has 0 saturated carbocycles. The first kappa shape index (κ1) is 14.2. The highest BCUT2D eigenvalue weighted by atomic mass is 35.5. The molecule has 1 N–H and O–H groups in total. The maximum absolute atomic E-state index is 12.9. The normalized spacial score (nSPS) is 17.5. The zero-order valence-corrected chi connectivity index (χ0v) is 11.7. The van der Waals surface area contributed by atoms with E-state index in [0.717, 1.165) is 17.6 Å². The van der Waals surface area contributed by atoms with Crippen molar-refractivity contribution < 1.29 is 9.18 Å². The van der Waals surface area contributed by atoms with Crippen LogP contribution in [0.1, 0.15) is 23.2 Å². The minimum absolute atomic E-state index is 0.0516. The van der Waals surface area contributed by atoms with Crippen molar-refractivity contribution in [2.45, 2.75) is 18.4 Å². The van der Waals surface area contributed by atoms with Crippen molar-refractivity contribution in [3.63, 3.8) is 0 Å². The van der Waals surface area contributed by atoms with Gasteiger partial charge >= 0.3 is 0 Å². The predicted molar refractivity (Wildman–Crippen MR) is 73.8 cm³/mol. The lowest BCUT2D eigenvalue weighted by atomic mass is 9.93. The molecule has 0 spiro atoms. The van der Waals surface area contributed by atoms with Gasteiger partial charge in [-0.25, -0.2) is 4.39 Å². The summed E-state index contributed by atoms with van der Waals surface area (Å²) in [6, 6.07) is 5.78. The van der Waals surface area contributed by atoms with E-state index in [-0.39, 0.29) is 10.6 Å². The number of hydrogen-bond acceptors (Lipinski definition) is 3. The number of nitrogens with one attached hydrogen (secondary N) is 1. The van der Waals surface area contributed by atoms with Crippen LogP contribution in [0.25, 0.3) is 0 Å². The summed E-state index contributed by atoms with van der Waals surface area (Å²) in [4.78, 5) is 12.1. The van der Waals surface area contributed by atoms with Crippen molar-refractivity contribution in [2.75, 3.05) is 11.5 Å². The number of carbonyl (C=O) groups is 1. The second-order valence-corrected chi connectivity index (χ2v) is 6.02. The van der Waals surface area contributed by atoms with Gasteiger partial charge in [0.1, 0.15) is 11.4 Å². The molecule has 1 aliphatic heterocycles. The van der Waals surface area contributed by atoms with Crippen LogP contribution in [0.4, 0.5) is 4.39 Å². The number of nitrogens with zero attached hydrogens (tertiary/aromatic N) is 1. The quantitative estimate of drug-likeness (QED) is 0.913. The van der Waals surface area contributed by atoms with Crippen LogP contribution in [0.5, 0.6) is 0 Å². The van der Waals surface area contributed by atoms with Crippen LogP contribution in [0.15, 0.2) is 18.2 Å². The largest absolute Gasteiger partial charge is 0.334 e. The Morgan fingerprint density at radius 3 is 2.74 bits per heavy atom. The Kier molecular flexibility index (Phi) is 4.33. The number of thioether (sulfide) groups is 1. The third-order valence-electron chi connectivity index (χ3n) is 3.09. The molecule has 19 heavy (non-hydrogen) atoms. The van der Waals surface area contributed by atoms with E-state index in [2.05, 4.69) is 11.4 Å². The first-order valence-electron chi connectivity index (χ1n) is 5.83. The standard InChI is InChI=1S/C13H12ClFN2OS/c14-11-7-9(15)1-2-10(11)12(18)17-13(8-16)3-5-19-6-4-13/h1-2,7H,3-6H2,(H,17,18). The topological polar surface area (TPSA) is 52.9 Å². The van der Waals surface area contributed by atoms with Crippen LogP contribution >= 0.6 is 23.4 Å². The average molecular weight is 299 g/mol. The minimum atomic E-state index is -0.833. The highest BCUT2D eigenvalue weighted by molar-refractivity contribution is 7.99. The number of rotatable bonds is 2. The SMILES string of the molecule is N#CC1(NC(=O)c2ccc(F)cc2Cl)CCSCC1. The molecule has 1 heterocycles. The third-order valence-corrected chi connectivity index (χ3v) is 4.39. The molecule has 100 valence electrons. The molecule has 2 rings (SSSR count). The molecule has 1 fully saturated rings. The molecule has 1 aromatic carbocycles. The summed E-state index contributed by atoms with van der Waals surface area (Å²) < 4.78 is 12.9. The molecule has 3 nitrogen and oxygen atoms in total. The fourth-order valence-corrected chi connectivity index (χ4v) is 3.39. The lowest BCUT2D eigenvalue weighted by molar-refractivity contribution is 0.0915. The summed E-state index contributed by atoms with van der Waals surface area (Å²) in [5.74, 6) is 0.750. The molecule has 0 aliphatic carbocycles. The zero-order valence-electron chi connectivity index (χ0n) is 10.1. The number of carbonyl (C=O) groups excluding carboxylic acids is 1. The van der Waals surface area contributed by atoms with E-state index in [1.165, 1.54) is 12.1 Å². The average Bonchev–Trinajstić information content (AvgIpc) is 2.39. The maximum Gasteiger partial charge on any atom is 0.254 e. The van der Waals surface area contributed by atoms with Crippen LogP contribution in [0.3, 0.4) is 0 Å². The highest BCUT2D eigenvalue weighted by Crippen LogP contribution is 2.27. The number of benzene rings is 1. The first-order valence-corrected chi connectivity index (χ1v) is 7.36. The fourth-order valence-electron chi connectivity index (χ4n) is 1.94. The molecule has 0 radical (unpaired) electrons. The minimum Gasteiger partial charge on any atom is -0.334 e. The van der Waals surface area contributed by atoms with Gasteiger partial charge in [-0.3, -0.25) is 4.79 Å². The summed E-state index contributed by atoms with van der Waals surface area (Å²) in [6.07, 6.45) is 1.22. The van der Waals surface area contributed by atoms with Crippen LogP contribution in [-0.4, -0.2) is 23.0 Å². The lowest BCUT2D eigenvalue weighted by Gasteiger charge is -2.31. The Morgan fingerprint density at radius 2 is 2.16 bits per heavy atom. The van der Waals surface area contributed by atoms with Gasteiger partial charge in [0.15, 0.2) is 0 Å². The molecule has 6 heteroatoms. The van der Waals surface area contributed by atoms with Gasteiger partial charge < -0.3 is 5.32 Å². The molecule has 0 atom stereocenters. The van der Waals surface area contributed by atoms with E-state index in [1.807, 2.05) is 0 Å². The van der Waals surface area contributed by atoms with E-state index >= 15 is 0 Å². The van der Waals surface area contributed by atoms with Crippen molar-refractivity contribution in [1.82, 2.24) is 5.32 Å². The van der Waals surface area contributed by atoms with Crippen molar-refractivity contribution in [2.24, 2.45) is 0 Å². The van der Waals surface area contributed by atoms with E-state index in [0.29, 0.717) is 12.8 Å². The zero-order chi connectivity index (χ0) is 13.9. The Balaban J connectivity index is 2.18. The summed E-state index contributed by atoms with van der Waals surface area (Å²) in [5.41, 5.74) is -0.643. The van der Waals surface area contributed by atoms with Crippen molar-refractivity contribution in [3.05, 3.63) is 34.6 Å². The van der Waals surface area contributed by atoms with Gasteiger partial charge in [0.25, 0.3) is 5.91 Å². The first-order chi connectivity index (χ1) is 9.06. The van der Waals surface area contributed by atoms with Crippen LogP contribution in [0.2, 0.25) is 5.02 Å². The van der Waals surface area contributed by atoms with Gasteiger partial charge in [0, 0.05) is 0 Å². The van der Waals surface area contributed by atoms with Crippen molar-refractivity contribution in [3.8, 4) is 6.07 Å². The molecule has 0 unspecified atom stereocenters. The van der Waals surface area contributed by atoms with E-state index in [9.17, 15) is 14.4 Å². The summed E-state index contributed by atoms with van der Waals surface area (Å²) in [6.45, 7) is 0. The molecule has 1 saturated heterocycles. The molecule has 1 amide bonds. The number of hydrogen-bond donors (Lipinski definition) is 1. The third kappa shape index (κ3) is 3.20. The van der Waals surface area contributed by atoms with Gasteiger partial charge in [-0.15, -0.1) is 0 Å². The molecule has 1 aliphatic rings. The molecular weight excluding hydrogens is 287 g/mol. The smallest absolute Gasteiger partial charge is 0.254 e. The second kappa shape index (κ2) is 5.81.